The minimum atomic E-state index is 0.747. The van der Waals surface area contributed by atoms with Crippen molar-refractivity contribution in [2.24, 2.45) is 0 Å². The third-order valence-corrected chi connectivity index (χ3v) is 6.19. The van der Waals surface area contributed by atoms with Gasteiger partial charge in [-0.1, -0.05) is 30.3 Å². The lowest BCUT2D eigenvalue weighted by Crippen LogP contribution is -2.11. The summed E-state index contributed by atoms with van der Waals surface area (Å²) in [5.41, 5.74) is 7.52. The molecule has 7 rings (SSSR count). The zero-order valence-corrected chi connectivity index (χ0v) is 17.7. The summed E-state index contributed by atoms with van der Waals surface area (Å²) in [4.78, 5) is 6.87. The molecule has 158 valence electrons. The van der Waals surface area contributed by atoms with Gasteiger partial charge in [-0.2, -0.15) is 0 Å². The van der Waals surface area contributed by atoms with Gasteiger partial charge in [-0.15, -0.1) is 0 Å². The van der Waals surface area contributed by atoms with Crippen LogP contribution in [0, 0.1) is 0 Å². The fraction of sp³-hybridized carbons (Fsp3) is 0.0357. The third kappa shape index (κ3) is 2.76. The molecule has 1 aliphatic rings. The highest BCUT2D eigenvalue weighted by atomic mass is 16.3. The summed E-state index contributed by atoms with van der Waals surface area (Å²) in [5, 5.41) is 5.41. The van der Waals surface area contributed by atoms with Gasteiger partial charge in [-0.05, 0) is 54.6 Å². The summed E-state index contributed by atoms with van der Waals surface area (Å²) in [7, 11) is 0. The second-order valence-corrected chi connectivity index (χ2v) is 8.12. The number of nitrogens with zero attached hydrogens (tertiary/aromatic N) is 2. The highest BCUT2D eigenvalue weighted by Gasteiger charge is 2.22. The van der Waals surface area contributed by atoms with E-state index in [2.05, 4.69) is 45.5 Å². The second kappa shape index (κ2) is 7.00. The van der Waals surface area contributed by atoms with Crippen molar-refractivity contribution in [1.82, 2.24) is 10.3 Å². The van der Waals surface area contributed by atoms with E-state index < -0.39 is 0 Å². The summed E-state index contributed by atoms with van der Waals surface area (Å²) < 4.78 is 12.4. The molecule has 0 saturated carbocycles. The Kier molecular flexibility index (Phi) is 3.84. The van der Waals surface area contributed by atoms with Gasteiger partial charge in [0, 0.05) is 46.7 Å². The molecule has 5 heteroatoms. The third-order valence-electron chi connectivity index (χ3n) is 6.19. The van der Waals surface area contributed by atoms with Crippen molar-refractivity contribution in [3.63, 3.8) is 0 Å². The lowest BCUT2D eigenvalue weighted by atomic mass is 10.1. The van der Waals surface area contributed by atoms with E-state index in [9.17, 15) is 0 Å². The number of hydrogen-bond donors (Lipinski definition) is 1. The maximum atomic E-state index is 6.33. The van der Waals surface area contributed by atoms with Crippen LogP contribution in [0.4, 0.5) is 17.1 Å². The number of fused-ring (bicyclic) bond motifs is 6. The van der Waals surface area contributed by atoms with Crippen LogP contribution in [0.5, 0.6) is 0 Å². The summed E-state index contributed by atoms with van der Waals surface area (Å²) in [6.45, 7) is 0.747. The molecule has 0 saturated heterocycles. The first-order chi connectivity index (χ1) is 16.4. The Hall–Kier alpha value is -4.51. The Morgan fingerprint density at radius 1 is 0.788 bits per heavy atom. The highest BCUT2D eigenvalue weighted by Crippen LogP contribution is 2.42. The van der Waals surface area contributed by atoms with Crippen molar-refractivity contribution in [3.8, 4) is 0 Å². The number of hydrogen-bond acceptors (Lipinski definition) is 5. The van der Waals surface area contributed by atoms with Crippen LogP contribution in [0.15, 0.2) is 100 Å². The average Bonchev–Trinajstić information content (AvgIpc) is 3.44. The molecular formula is C28H19N3O2. The number of anilines is 3. The minimum Gasteiger partial charge on any atom is -0.456 e. The van der Waals surface area contributed by atoms with Gasteiger partial charge in [0.2, 0.25) is 0 Å². The first-order valence-electron chi connectivity index (χ1n) is 10.9. The summed E-state index contributed by atoms with van der Waals surface area (Å²) in [5.74, 6) is 0.913. The van der Waals surface area contributed by atoms with E-state index in [4.69, 9.17) is 8.83 Å². The summed E-state index contributed by atoms with van der Waals surface area (Å²) >= 11 is 0. The molecule has 3 aromatic carbocycles. The number of pyridine rings is 1. The molecule has 0 aliphatic carbocycles. The zero-order valence-electron chi connectivity index (χ0n) is 17.7. The van der Waals surface area contributed by atoms with Gasteiger partial charge >= 0.3 is 0 Å². The maximum absolute atomic E-state index is 6.33. The molecule has 1 aliphatic heterocycles. The molecule has 0 fully saturated rings. The Morgan fingerprint density at radius 3 is 2.58 bits per heavy atom. The Morgan fingerprint density at radius 2 is 1.64 bits per heavy atom. The van der Waals surface area contributed by atoms with Gasteiger partial charge in [0.15, 0.2) is 5.58 Å². The number of furan rings is 2. The predicted molar refractivity (Wildman–Crippen MR) is 132 cm³/mol. The van der Waals surface area contributed by atoms with Crippen LogP contribution in [0.2, 0.25) is 0 Å². The average molecular weight is 429 g/mol. The SMILES string of the molecule is C1=Cc2oc3ccc(N(c4ccccc4)c4ccnc5c4oc4ccccc45)cc3c2CN1. The molecular weight excluding hydrogens is 410 g/mol. The van der Waals surface area contributed by atoms with Crippen LogP contribution in [0.3, 0.4) is 0 Å². The van der Waals surface area contributed by atoms with E-state index in [1.165, 1.54) is 5.56 Å². The van der Waals surface area contributed by atoms with Gasteiger partial charge in [0.25, 0.3) is 0 Å². The van der Waals surface area contributed by atoms with Crippen molar-refractivity contribution in [2.45, 2.75) is 6.54 Å². The fourth-order valence-electron chi connectivity index (χ4n) is 4.68. The van der Waals surface area contributed by atoms with Crippen LogP contribution in [-0.4, -0.2) is 4.98 Å². The topological polar surface area (TPSA) is 54.4 Å². The van der Waals surface area contributed by atoms with Crippen LogP contribution in [-0.2, 0) is 6.54 Å². The zero-order chi connectivity index (χ0) is 21.8. The number of aromatic nitrogens is 1. The number of benzene rings is 3. The van der Waals surface area contributed by atoms with Crippen molar-refractivity contribution < 1.29 is 8.83 Å². The predicted octanol–water partition coefficient (Wildman–Crippen LogP) is 7.27. The molecule has 0 atom stereocenters. The normalized spacial score (nSPS) is 12.8. The first kappa shape index (κ1) is 18.1. The van der Waals surface area contributed by atoms with Crippen molar-refractivity contribution in [3.05, 3.63) is 103 Å². The fourth-order valence-corrected chi connectivity index (χ4v) is 4.68. The van der Waals surface area contributed by atoms with E-state index in [0.29, 0.717) is 0 Å². The Bertz CT molecular complexity index is 1680. The molecule has 1 N–H and O–H groups in total. The van der Waals surface area contributed by atoms with Crippen molar-refractivity contribution in [1.29, 1.82) is 0 Å². The number of para-hydroxylation sites is 2. The van der Waals surface area contributed by atoms with E-state index in [1.807, 2.05) is 67.0 Å². The Balaban J connectivity index is 1.50. The lowest BCUT2D eigenvalue weighted by Gasteiger charge is -2.25. The first-order valence-corrected chi connectivity index (χ1v) is 10.9. The molecule has 4 heterocycles. The molecule has 0 bridgehead atoms. The van der Waals surface area contributed by atoms with E-state index in [0.717, 1.165) is 62.4 Å². The van der Waals surface area contributed by atoms with E-state index in [-0.39, 0.29) is 0 Å². The van der Waals surface area contributed by atoms with E-state index >= 15 is 0 Å². The van der Waals surface area contributed by atoms with Crippen molar-refractivity contribution >= 4 is 56.2 Å². The van der Waals surface area contributed by atoms with Gasteiger partial charge in [-0.25, -0.2) is 0 Å². The van der Waals surface area contributed by atoms with Crippen LogP contribution < -0.4 is 10.2 Å². The standard InChI is InChI=1S/C28H19N3O2/c1-2-6-18(7-3-1)31(19-10-11-25-21(16-19)22-17-29-14-13-26(22)32-25)23-12-15-30-27-20-8-4-5-9-24(20)33-28(23)27/h1-16,29H,17H2. The van der Waals surface area contributed by atoms with Crippen LogP contribution in [0.25, 0.3) is 39.1 Å². The monoisotopic (exact) mass is 429 g/mol. The van der Waals surface area contributed by atoms with E-state index in [1.54, 1.807) is 0 Å². The lowest BCUT2D eigenvalue weighted by molar-refractivity contribution is 0.592. The molecule has 3 aromatic heterocycles. The molecule has 0 unspecified atom stereocenters. The minimum absolute atomic E-state index is 0.747. The molecule has 0 spiro atoms. The van der Waals surface area contributed by atoms with Crippen molar-refractivity contribution in [2.75, 3.05) is 4.90 Å². The van der Waals surface area contributed by atoms with Gasteiger partial charge < -0.3 is 19.1 Å². The molecule has 6 aromatic rings. The smallest absolute Gasteiger partial charge is 0.177 e. The van der Waals surface area contributed by atoms with Gasteiger partial charge in [0.1, 0.15) is 22.4 Å². The second-order valence-electron chi connectivity index (χ2n) is 8.12. The molecule has 33 heavy (non-hydrogen) atoms. The highest BCUT2D eigenvalue weighted by molar-refractivity contribution is 6.08. The van der Waals surface area contributed by atoms with Gasteiger partial charge in [0.05, 0.1) is 5.69 Å². The largest absolute Gasteiger partial charge is 0.456 e. The quantitative estimate of drug-likeness (QED) is 0.321. The molecule has 0 radical (unpaired) electrons. The van der Waals surface area contributed by atoms with Crippen LogP contribution >= 0.6 is 0 Å². The molecule has 0 amide bonds. The maximum Gasteiger partial charge on any atom is 0.177 e. The number of rotatable bonds is 3. The molecule has 5 nitrogen and oxygen atoms in total. The van der Waals surface area contributed by atoms with Crippen LogP contribution in [0.1, 0.15) is 11.3 Å². The number of nitrogens with one attached hydrogen (secondary N) is 1. The van der Waals surface area contributed by atoms with Gasteiger partial charge in [-0.3, -0.25) is 4.98 Å². The Labute approximate surface area is 189 Å². The summed E-state index contributed by atoms with van der Waals surface area (Å²) in [6.07, 6.45) is 5.76. The summed E-state index contributed by atoms with van der Waals surface area (Å²) in [6, 6.07) is 26.7.